The van der Waals surface area contributed by atoms with Gasteiger partial charge in [-0.05, 0) is 38.0 Å². The molecule has 0 fully saturated rings. The molecular weight excluding hydrogens is 340 g/mol. The van der Waals surface area contributed by atoms with Gasteiger partial charge >= 0.3 is 0 Å². The lowest BCUT2D eigenvalue weighted by atomic mass is 10.1. The molecule has 1 N–H and O–H groups in total. The van der Waals surface area contributed by atoms with Gasteiger partial charge in [-0.1, -0.05) is 55.0 Å². The zero-order chi connectivity index (χ0) is 19.6. The third-order valence-electron chi connectivity index (χ3n) is 4.32. The molecule has 2 amide bonds. The van der Waals surface area contributed by atoms with Gasteiger partial charge in [-0.3, -0.25) is 9.59 Å². The summed E-state index contributed by atoms with van der Waals surface area (Å²) in [5, 5.41) is 2.83. The van der Waals surface area contributed by atoms with E-state index in [2.05, 4.69) is 5.32 Å². The summed E-state index contributed by atoms with van der Waals surface area (Å²) in [6, 6.07) is 16.7. The van der Waals surface area contributed by atoms with Gasteiger partial charge in [0, 0.05) is 13.1 Å². The number of hydrogen-bond donors (Lipinski definition) is 1. The largest absolute Gasteiger partial charge is 0.484 e. The molecule has 2 aromatic carbocycles. The van der Waals surface area contributed by atoms with Crippen molar-refractivity contribution < 1.29 is 14.3 Å². The van der Waals surface area contributed by atoms with E-state index in [0.29, 0.717) is 25.3 Å². The second-order valence-corrected chi connectivity index (χ2v) is 6.43. The Kier molecular flexibility index (Phi) is 7.86. The third kappa shape index (κ3) is 6.13. The molecular formula is C22H28N2O3. The average Bonchev–Trinajstić information content (AvgIpc) is 2.68. The molecule has 2 rings (SSSR count). The molecule has 1 atom stereocenters. The minimum Gasteiger partial charge on any atom is -0.484 e. The zero-order valence-corrected chi connectivity index (χ0v) is 16.3. The highest BCUT2D eigenvalue weighted by Crippen LogP contribution is 2.15. The monoisotopic (exact) mass is 368 g/mol. The number of para-hydroxylation sites is 1. The van der Waals surface area contributed by atoms with E-state index in [4.69, 9.17) is 4.74 Å². The summed E-state index contributed by atoms with van der Waals surface area (Å²) < 4.78 is 5.62. The summed E-state index contributed by atoms with van der Waals surface area (Å²) in [5.74, 6) is 0.282. The van der Waals surface area contributed by atoms with Crippen molar-refractivity contribution in [1.82, 2.24) is 10.2 Å². The molecule has 0 unspecified atom stereocenters. The van der Waals surface area contributed by atoms with Crippen molar-refractivity contribution in [3.05, 3.63) is 65.7 Å². The molecule has 0 radical (unpaired) electrons. The number of nitrogens with zero attached hydrogens (tertiary/aromatic N) is 1. The number of carbonyl (C=O) groups excluding carboxylic acids is 2. The minimum absolute atomic E-state index is 0.105. The molecule has 0 aliphatic carbocycles. The highest BCUT2D eigenvalue weighted by atomic mass is 16.5. The van der Waals surface area contributed by atoms with Gasteiger partial charge in [-0.2, -0.15) is 0 Å². The Hall–Kier alpha value is -2.82. The van der Waals surface area contributed by atoms with E-state index in [0.717, 1.165) is 11.1 Å². The van der Waals surface area contributed by atoms with Crippen molar-refractivity contribution in [2.75, 3.05) is 13.2 Å². The second-order valence-electron chi connectivity index (χ2n) is 6.43. The Labute approximate surface area is 161 Å². The van der Waals surface area contributed by atoms with Crippen LogP contribution in [0.15, 0.2) is 54.6 Å². The normalized spacial score (nSPS) is 11.5. The maximum Gasteiger partial charge on any atom is 0.261 e. The van der Waals surface area contributed by atoms with Crippen LogP contribution in [0.2, 0.25) is 0 Å². The van der Waals surface area contributed by atoms with E-state index in [9.17, 15) is 9.59 Å². The highest BCUT2D eigenvalue weighted by Gasteiger charge is 2.28. The SMILES string of the molecule is CCNC(=O)[C@H](CC)N(Cc1ccc(C)cc1)C(=O)COc1ccccc1. The van der Waals surface area contributed by atoms with Crippen LogP contribution in [0.3, 0.4) is 0 Å². The van der Waals surface area contributed by atoms with E-state index in [-0.39, 0.29) is 18.4 Å². The van der Waals surface area contributed by atoms with E-state index in [1.54, 1.807) is 17.0 Å². The summed E-state index contributed by atoms with van der Waals surface area (Å²) in [4.78, 5) is 27.0. The number of carbonyl (C=O) groups is 2. The maximum absolute atomic E-state index is 12.9. The number of ether oxygens (including phenoxy) is 1. The quantitative estimate of drug-likeness (QED) is 0.739. The number of rotatable bonds is 9. The molecule has 0 bridgehead atoms. The van der Waals surface area contributed by atoms with Crippen LogP contribution in [-0.2, 0) is 16.1 Å². The van der Waals surface area contributed by atoms with Crippen LogP contribution in [0.5, 0.6) is 5.75 Å². The highest BCUT2D eigenvalue weighted by molar-refractivity contribution is 5.88. The Morgan fingerprint density at radius 2 is 1.70 bits per heavy atom. The van der Waals surface area contributed by atoms with Crippen LogP contribution >= 0.6 is 0 Å². The van der Waals surface area contributed by atoms with Crippen LogP contribution in [0.1, 0.15) is 31.4 Å². The fraction of sp³-hybridized carbons (Fsp3) is 0.364. The van der Waals surface area contributed by atoms with Crippen molar-refractivity contribution in [2.24, 2.45) is 0 Å². The first-order valence-electron chi connectivity index (χ1n) is 9.35. The van der Waals surface area contributed by atoms with Gasteiger partial charge in [0.05, 0.1) is 0 Å². The Morgan fingerprint density at radius 1 is 1.04 bits per heavy atom. The topological polar surface area (TPSA) is 58.6 Å². The summed E-state index contributed by atoms with van der Waals surface area (Å²) in [5.41, 5.74) is 2.14. The van der Waals surface area contributed by atoms with Crippen molar-refractivity contribution in [3.8, 4) is 5.75 Å². The first kappa shape index (κ1) is 20.5. The van der Waals surface area contributed by atoms with Gasteiger partial charge in [0.15, 0.2) is 6.61 Å². The summed E-state index contributed by atoms with van der Waals surface area (Å²) in [6.45, 7) is 6.59. The molecule has 0 heterocycles. The van der Waals surface area contributed by atoms with Gasteiger partial charge in [-0.15, -0.1) is 0 Å². The van der Waals surface area contributed by atoms with Crippen molar-refractivity contribution in [3.63, 3.8) is 0 Å². The second kappa shape index (κ2) is 10.4. The lowest BCUT2D eigenvalue weighted by Gasteiger charge is -2.30. The van der Waals surface area contributed by atoms with Crippen LogP contribution < -0.4 is 10.1 Å². The number of likely N-dealkylation sites (N-methyl/N-ethyl adjacent to an activating group) is 1. The lowest BCUT2D eigenvalue weighted by Crippen LogP contribution is -2.50. The summed E-state index contributed by atoms with van der Waals surface area (Å²) >= 11 is 0. The van der Waals surface area contributed by atoms with Gasteiger partial charge in [-0.25, -0.2) is 0 Å². The predicted molar refractivity (Wildman–Crippen MR) is 106 cm³/mol. The standard InChI is InChI=1S/C22H28N2O3/c1-4-20(22(26)23-5-2)24(15-18-13-11-17(3)12-14-18)21(25)16-27-19-9-7-6-8-10-19/h6-14,20H,4-5,15-16H2,1-3H3,(H,23,26)/t20-/m0/s1. The minimum atomic E-state index is -0.530. The molecule has 0 aliphatic rings. The van der Waals surface area contributed by atoms with Crippen molar-refractivity contribution in [1.29, 1.82) is 0 Å². The summed E-state index contributed by atoms with van der Waals surface area (Å²) in [7, 11) is 0. The number of aryl methyl sites for hydroxylation is 1. The van der Waals surface area contributed by atoms with E-state index >= 15 is 0 Å². The molecule has 0 aliphatic heterocycles. The van der Waals surface area contributed by atoms with Gasteiger partial charge in [0.2, 0.25) is 5.91 Å². The van der Waals surface area contributed by atoms with Crippen molar-refractivity contribution >= 4 is 11.8 Å². The molecule has 0 saturated heterocycles. The lowest BCUT2D eigenvalue weighted by molar-refractivity contribution is -0.142. The van der Waals surface area contributed by atoms with Crippen molar-refractivity contribution in [2.45, 2.75) is 39.8 Å². The van der Waals surface area contributed by atoms with Crippen LogP contribution in [0, 0.1) is 6.92 Å². The Morgan fingerprint density at radius 3 is 2.30 bits per heavy atom. The molecule has 27 heavy (non-hydrogen) atoms. The first-order valence-corrected chi connectivity index (χ1v) is 9.35. The molecule has 0 saturated carbocycles. The number of hydrogen-bond acceptors (Lipinski definition) is 3. The molecule has 2 aromatic rings. The van der Waals surface area contributed by atoms with E-state index < -0.39 is 6.04 Å². The van der Waals surface area contributed by atoms with Crippen LogP contribution in [0.25, 0.3) is 0 Å². The third-order valence-corrected chi connectivity index (χ3v) is 4.32. The number of benzene rings is 2. The zero-order valence-electron chi connectivity index (χ0n) is 16.3. The fourth-order valence-electron chi connectivity index (χ4n) is 2.85. The maximum atomic E-state index is 12.9. The first-order chi connectivity index (χ1) is 13.0. The Bertz CT molecular complexity index is 729. The number of amides is 2. The summed E-state index contributed by atoms with van der Waals surface area (Å²) in [6.07, 6.45) is 0.536. The van der Waals surface area contributed by atoms with E-state index in [1.807, 2.05) is 63.2 Å². The smallest absolute Gasteiger partial charge is 0.261 e. The van der Waals surface area contributed by atoms with Gasteiger partial charge in [0.1, 0.15) is 11.8 Å². The molecule has 0 spiro atoms. The van der Waals surface area contributed by atoms with Gasteiger partial charge < -0.3 is 15.0 Å². The van der Waals surface area contributed by atoms with Gasteiger partial charge in [0.25, 0.3) is 5.91 Å². The fourth-order valence-corrected chi connectivity index (χ4v) is 2.85. The molecule has 5 heteroatoms. The molecule has 144 valence electrons. The Balaban J connectivity index is 2.17. The van der Waals surface area contributed by atoms with Crippen LogP contribution in [-0.4, -0.2) is 35.9 Å². The van der Waals surface area contributed by atoms with E-state index in [1.165, 1.54) is 0 Å². The average molecular weight is 368 g/mol. The van der Waals surface area contributed by atoms with Crippen LogP contribution in [0.4, 0.5) is 0 Å². The number of nitrogens with one attached hydrogen (secondary N) is 1. The molecule has 5 nitrogen and oxygen atoms in total. The predicted octanol–water partition coefficient (Wildman–Crippen LogP) is 3.32. The molecule has 0 aromatic heterocycles.